The molecule has 0 radical (unpaired) electrons. The Balaban J connectivity index is 1.26. The molecule has 23 heavy (non-hydrogen) atoms. The van der Waals surface area contributed by atoms with E-state index in [9.17, 15) is 4.79 Å². The zero-order chi connectivity index (χ0) is 15.9. The number of rotatable bonds is 7. The summed E-state index contributed by atoms with van der Waals surface area (Å²) in [4.78, 5) is 14.4. The van der Waals surface area contributed by atoms with Crippen LogP contribution in [0.1, 0.15) is 57.8 Å². The van der Waals surface area contributed by atoms with E-state index in [4.69, 9.17) is 9.47 Å². The second-order valence-corrected chi connectivity index (χ2v) is 7.21. The van der Waals surface area contributed by atoms with Crippen LogP contribution in [0.25, 0.3) is 0 Å². The Morgan fingerprint density at radius 3 is 2.87 bits per heavy atom. The Morgan fingerprint density at radius 1 is 1.13 bits per heavy atom. The van der Waals surface area contributed by atoms with Crippen LogP contribution in [0.2, 0.25) is 0 Å². The lowest BCUT2D eigenvalue weighted by Crippen LogP contribution is -2.51. The molecule has 0 bridgehead atoms. The average Bonchev–Trinajstić information content (AvgIpc) is 3.05. The Labute approximate surface area is 140 Å². The molecule has 1 saturated heterocycles. The van der Waals surface area contributed by atoms with Crippen LogP contribution in [0, 0.1) is 0 Å². The van der Waals surface area contributed by atoms with Gasteiger partial charge in [-0.2, -0.15) is 0 Å². The van der Waals surface area contributed by atoms with Crippen molar-refractivity contribution in [1.29, 1.82) is 0 Å². The second-order valence-electron chi connectivity index (χ2n) is 7.21. The number of carbonyl (C=O) groups is 1. The summed E-state index contributed by atoms with van der Waals surface area (Å²) in [5, 5.41) is 3.05. The van der Waals surface area contributed by atoms with Crippen molar-refractivity contribution < 1.29 is 14.3 Å². The third kappa shape index (κ3) is 5.16. The summed E-state index contributed by atoms with van der Waals surface area (Å²) in [5.74, 6) is 0.148. The highest BCUT2D eigenvalue weighted by Gasteiger charge is 2.36. The minimum absolute atomic E-state index is 0.148. The number of nitrogens with zero attached hydrogens (tertiary/aromatic N) is 1. The highest BCUT2D eigenvalue weighted by Crippen LogP contribution is 2.29. The Hall–Kier alpha value is -0.650. The van der Waals surface area contributed by atoms with Crippen LogP contribution in [0.5, 0.6) is 0 Å². The normalized spacial score (nSPS) is 29.4. The molecule has 1 heterocycles. The molecule has 3 aliphatic rings. The van der Waals surface area contributed by atoms with Crippen molar-refractivity contribution in [1.82, 2.24) is 10.2 Å². The summed E-state index contributed by atoms with van der Waals surface area (Å²) in [7, 11) is 0. The maximum Gasteiger partial charge on any atom is 0.234 e. The Morgan fingerprint density at radius 2 is 2.00 bits per heavy atom. The van der Waals surface area contributed by atoms with Gasteiger partial charge in [-0.1, -0.05) is 19.3 Å². The molecule has 2 atom stereocenters. The van der Waals surface area contributed by atoms with Gasteiger partial charge in [0.15, 0.2) is 0 Å². The van der Waals surface area contributed by atoms with E-state index in [1.54, 1.807) is 0 Å². The van der Waals surface area contributed by atoms with Gasteiger partial charge in [0.25, 0.3) is 0 Å². The van der Waals surface area contributed by atoms with E-state index in [1.165, 1.54) is 44.9 Å². The Bertz CT molecular complexity index is 371. The molecular weight excluding hydrogens is 292 g/mol. The topological polar surface area (TPSA) is 50.8 Å². The lowest BCUT2D eigenvalue weighted by Gasteiger charge is -2.37. The fraction of sp³-hybridized carbons (Fsp3) is 0.944. The molecule has 0 aromatic heterocycles. The summed E-state index contributed by atoms with van der Waals surface area (Å²) in [6, 6.07) is 0.462. The van der Waals surface area contributed by atoms with Crippen LogP contribution in [0.4, 0.5) is 0 Å². The first kappa shape index (κ1) is 17.2. The van der Waals surface area contributed by atoms with Crippen molar-refractivity contribution in [2.45, 2.75) is 76.0 Å². The van der Waals surface area contributed by atoms with E-state index in [0.29, 0.717) is 24.8 Å². The summed E-state index contributed by atoms with van der Waals surface area (Å²) >= 11 is 0. The van der Waals surface area contributed by atoms with Crippen molar-refractivity contribution in [2.24, 2.45) is 0 Å². The molecule has 0 aromatic carbocycles. The molecule has 1 amide bonds. The van der Waals surface area contributed by atoms with Gasteiger partial charge in [0.1, 0.15) is 0 Å². The van der Waals surface area contributed by atoms with Gasteiger partial charge in [-0.3, -0.25) is 9.69 Å². The summed E-state index contributed by atoms with van der Waals surface area (Å²) in [6.45, 7) is 3.67. The molecule has 0 spiro atoms. The SMILES string of the molecule is O=C(CN1CCO[C@H]2CCC[C@H]21)NCCCOC1CCCCC1. The van der Waals surface area contributed by atoms with E-state index >= 15 is 0 Å². The molecule has 1 N–H and O–H groups in total. The molecule has 1 aliphatic heterocycles. The van der Waals surface area contributed by atoms with Gasteiger partial charge in [-0.05, 0) is 38.5 Å². The maximum absolute atomic E-state index is 12.1. The predicted molar refractivity (Wildman–Crippen MR) is 89.4 cm³/mol. The summed E-state index contributed by atoms with van der Waals surface area (Å²) < 4.78 is 11.7. The molecule has 5 heteroatoms. The van der Waals surface area contributed by atoms with Gasteiger partial charge >= 0.3 is 0 Å². The highest BCUT2D eigenvalue weighted by atomic mass is 16.5. The zero-order valence-corrected chi connectivity index (χ0v) is 14.3. The number of nitrogens with one attached hydrogen (secondary N) is 1. The van der Waals surface area contributed by atoms with Gasteiger partial charge in [-0.25, -0.2) is 0 Å². The van der Waals surface area contributed by atoms with Crippen LogP contribution in [0.3, 0.4) is 0 Å². The molecule has 2 saturated carbocycles. The number of hydrogen-bond acceptors (Lipinski definition) is 4. The van der Waals surface area contributed by atoms with Gasteiger partial charge in [0.05, 0.1) is 25.4 Å². The molecule has 3 fully saturated rings. The van der Waals surface area contributed by atoms with E-state index in [0.717, 1.165) is 39.1 Å². The van der Waals surface area contributed by atoms with Crippen LogP contribution in [-0.4, -0.2) is 61.9 Å². The van der Waals surface area contributed by atoms with Gasteiger partial charge in [0, 0.05) is 25.7 Å². The van der Waals surface area contributed by atoms with Gasteiger partial charge < -0.3 is 14.8 Å². The van der Waals surface area contributed by atoms with Crippen LogP contribution in [0.15, 0.2) is 0 Å². The van der Waals surface area contributed by atoms with E-state index in [1.807, 2.05) is 0 Å². The average molecular weight is 324 g/mol. The first-order valence-electron chi connectivity index (χ1n) is 9.57. The lowest BCUT2D eigenvalue weighted by molar-refractivity contribution is -0.126. The third-order valence-corrected chi connectivity index (χ3v) is 5.49. The van der Waals surface area contributed by atoms with Crippen molar-refractivity contribution in [3.8, 4) is 0 Å². The molecule has 0 aromatic rings. The number of morpholine rings is 1. The van der Waals surface area contributed by atoms with E-state index < -0.39 is 0 Å². The molecular formula is C18H32N2O3. The van der Waals surface area contributed by atoms with Crippen molar-refractivity contribution >= 4 is 5.91 Å². The number of ether oxygens (including phenoxy) is 2. The monoisotopic (exact) mass is 324 g/mol. The highest BCUT2D eigenvalue weighted by molar-refractivity contribution is 5.78. The molecule has 132 valence electrons. The minimum Gasteiger partial charge on any atom is -0.378 e. The Kier molecular flexibility index (Phi) is 6.72. The zero-order valence-electron chi connectivity index (χ0n) is 14.3. The van der Waals surface area contributed by atoms with Crippen molar-refractivity contribution in [3.63, 3.8) is 0 Å². The fourth-order valence-electron chi connectivity index (χ4n) is 4.22. The minimum atomic E-state index is 0.148. The maximum atomic E-state index is 12.1. The lowest BCUT2D eigenvalue weighted by atomic mass is 9.98. The largest absolute Gasteiger partial charge is 0.378 e. The number of carbonyl (C=O) groups excluding carboxylic acids is 1. The second kappa shape index (κ2) is 9.00. The third-order valence-electron chi connectivity index (χ3n) is 5.49. The molecule has 2 aliphatic carbocycles. The number of hydrogen-bond donors (Lipinski definition) is 1. The summed E-state index contributed by atoms with van der Waals surface area (Å²) in [5.41, 5.74) is 0. The first-order valence-corrected chi connectivity index (χ1v) is 9.57. The predicted octanol–water partition coefficient (Wildman–Crippen LogP) is 2.10. The quantitative estimate of drug-likeness (QED) is 0.729. The molecule has 3 rings (SSSR count). The van der Waals surface area contributed by atoms with Crippen LogP contribution >= 0.6 is 0 Å². The van der Waals surface area contributed by atoms with Crippen LogP contribution in [-0.2, 0) is 14.3 Å². The standard InChI is InChI=1S/C18H32N2O3/c21-18(14-20-11-13-23-17-9-4-8-16(17)20)19-10-5-12-22-15-6-2-1-3-7-15/h15-17H,1-14H2,(H,19,21)/t16-,17+/m1/s1. The smallest absolute Gasteiger partial charge is 0.234 e. The van der Waals surface area contributed by atoms with Crippen molar-refractivity contribution in [2.75, 3.05) is 32.8 Å². The van der Waals surface area contributed by atoms with Crippen molar-refractivity contribution in [3.05, 3.63) is 0 Å². The van der Waals surface area contributed by atoms with E-state index in [2.05, 4.69) is 10.2 Å². The molecule has 0 unspecified atom stereocenters. The van der Waals surface area contributed by atoms with Gasteiger partial charge in [0.2, 0.25) is 5.91 Å². The number of fused-ring (bicyclic) bond motifs is 1. The summed E-state index contributed by atoms with van der Waals surface area (Å²) in [6.07, 6.45) is 11.7. The molecule has 5 nitrogen and oxygen atoms in total. The number of amides is 1. The van der Waals surface area contributed by atoms with Crippen LogP contribution < -0.4 is 5.32 Å². The first-order chi connectivity index (χ1) is 11.3. The fourth-order valence-corrected chi connectivity index (χ4v) is 4.22. The van der Waals surface area contributed by atoms with Gasteiger partial charge in [-0.15, -0.1) is 0 Å². The van der Waals surface area contributed by atoms with E-state index in [-0.39, 0.29) is 5.91 Å².